The van der Waals surface area contributed by atoms with E-state index < -0.39 is 0 Å². The third kappa shape index (κ3) is 4.38. The summed E-state index contributed by atoms with van der Waals surface area (Å²) in [6, 6.07) is 7.07. The van der Waals surface area contributed by atoms with E-state index in [2.05, 4.69) is 33.5 Å². The van der Waals surface area contributed by atoms with Gasteiger partial charge >= 0.3 is 0 Å². The summed E-state index contributed by atoms with van der Waals surface area (Å²) in [7, 11) is 0. The first-order valence-corrected chi connectivity index (χ1v) is 10.7. The van der Waals surface area contributed by atoms with Gasteiger partial charge in [0.2, 0.25) is 0 Å². The Kier molecular flexibility index (Phi) is 6.20. The van der Waals surface area contributed by atoms with Crippen molar-refractivity contribution in [2.75, 3.05) is 0 Å². The molecule has 1 aliphatic carbocycles. The Labute approximate surface area is 171 Å². The van der Waals surface area contributed by atoms with Crippen LogP contribution in [-0.2, 0) is 4.79 Å². The molecule has 0 saturated carbocycles. The lowest BCUT2D eigenvalue weighted by molar-refractivity contribution is -0.119. The van der Waals surface area contributed by atoms with E-state index in [4.69, 9.17) is 12.2 Å². The summed E-state index contributed by atoms with van der Waals surface area (Å²) < 4.78 is 0.910. The maximum atomic E-state index is 12.3. The number of Topliss-reactive ketones (excluding diaryl/α,β-unsaturated/α-hetero) is 1. The second-order valence-corrected chi connectivity index (χ2v) is 9.42. The van der Waals surface area contributed by atoms with Gasteiger partial charge < -0.3 is 5.32 Å². The Morgan fingerprint density at radius 1 is 1.27 bits per heavy atom. The molecule has 0 fully saturated rings. The molecule has 26 heavy (non-hydrogen) atoms. The van der Waals surface area contributed by atoms with E-state index in [9.17, 15) is 9.59 Å². The van der Waals surface area contributed by atoms with Crippen molar-refractivity contribution in [1.82, 2.24) is 10.6 Å². The fourth-order valence-corrected chi connectivity index (χ4v) is 5.76. The van der Waals surface area contributed by atoms with Crippen LogP contribution in [0.1, 0.15) is 43.5 Å². The van der Waals surface area contributed by atoms with Gasteiger partial charge in [0.25, 0.3) is 5.91 Å². The Morgan fingerprint density at radius 3 is 2.62 bits per heavy atom. The third-order valence-electron chi connectivity index (χ3n) is 4.79. The van der Waals surface area contributed by atoms with E-state index in [-0.39, 0.29) is 28.1 Å². The van der Waals surface area contributed by atoms with Crippen molar-refractivity contribution in [1.29, 1.82) is 0 Å². The fourth-order valence-electron chi connectivity index (χ4n) is 3.46. The predicted octanol–water partition coefficient (Wildman–Crippen LogP) is 4.41. The Hall–Kier alpha value is -1.18. The van der Waals surface area contributed by atoms with Crippen molar-refractivity contribution in [3.05, 3.63) is 44.8 Å². The summed E-state index contributed by atoms with van der Waals surface area (Å²) in [5.74, 6) is 0.377. The van der Waals surface area contributed by atoms with Gasteiger partial charge in [0, 0.05) is 10.0 Å². The van der Waals surface area contributed by atoms with Gasteiger partial charge in [-0.2, -0.15) is 0 Å². The summed E-state index contributed by atoms with van der Waals surface area (Å²) in [5.41, 5.74) is 1.80. The molecule has 1 aromatic carbocycles. The van der Waals surface area contributed by atoms with Crippen molar-refractivity contribution in [3.63, 3.8) is 0 Å². The lowest BCUT2D eigenvalue weighted by Gasteiger charge is -2.23. The Balaban J connectivity index is 1.64. The zero-order chi connectivity index (χ0) is 18.8. The zero-order valence-electron chi connectivity index (χ0n) is 14.7. The van der Waals surface area contributed by atoms with Crippen LogP contribution in [0, 0.1) is 11.8 Å². The second kappa shape index (κ2) is 8.23. The number of carbonyl (C=O) groups is 2. The summed E-state index contributed by atoms with van der Waals surface area (Å²) in [6.45, 7) is 3.88. The zero-order valence-corrected chi connectivity index (χ0v) is 17.9. The van der Waals surface area contributed by atoms with Gasteiger partial charge in [-0.3, -0.25) is 14.9 Å². The van der Waals surface area contributed by atoms with Crippen LogP contribution in [0.15, 0.2) is 39.2 Å². The number of carbonyl (C=O) groups excluding carboxylic acids is 2. The van der Waals surface area contributed by atoms with Crippen LogP contribution < -0.4 is 10.6 Å². The van der Waals surface area contributed by atoms with E-state index in [1.54, 1.807) is 30.8 Å². The van der Waals surface area contributed by atoms with Crippen LogP contribution in [-0.4, -0.2) is 22.2 Å². The minimum absolute atomic E-state index is 0.138. The molecule has 3 unspecified atom stereocenters. The van der Waals surface area contributed by atoms with E-state index in [1.165, 1.54) is 10.5 Å². The monoisotopic (exact) mass is 452 g/mol. The highest BCUT2D eigenvalue weighted by molar-refractivity contribution is 9.10. The molecule has 2 N–H and O–H groups in total. The van der Waals surface area contributed by atoms with E-state index >= 15 is 0 Å². The highest BCUT2D eigenvalue weighted by Gasteiger charge is 2.40. The molecule has 0 saturated heterocycles. The largest absolute Gasteiger partial charge is 0.349 e. The number of amides is 1. The van der Waals surface area contributed by atoms with Crippen LogP contribution in [0.5, 0.6) is 0 Å². The topological polar surface area (TPSA) is 58.2 Å². The molecule has 0 bridgehead atoms. The number of ketones is 1. The standard InChI is InChI=1S/C19H21BrN2O2S2/c1-10-3-8-14-15(9-10)26-18(16(14)11(2)23)22-19(25)21-17(24)12-4-6-13(20)7-5-12/h4-7,10,16,18H,3,8-9H2,1-2H3,(H2,21,22,24,25). The summed E-state index contributed by atoms with van der Waals surface area (Å²) in [5, 5.41) is 6.02. The average molecular weight is 453 g/mol. The SMILES string of the molecule is CC(=O)C1C2=C(CC(C)CC2)SC1NC(=S)NC(=O)c1ccc(Br)cc1. The van der Waals surface area contributed by atoms with Crippen molar-refractivity contribution >= 4 is 56.7 Å². The number of rotatable bonds is 3. The van der Waals surface area contributed by atoms with Crippen molar-refractivity contribution < 1.29 is 9.59 Å². The number of nitrogens with one attached hydrogen (secondary N) is 2. The maximum Gasteiger partial charge on any atom is 0.257 e. The van der Waals surface area contributed by atoms with E-state index in [0.29, 0.717) is 11.5 Å². The van der Waals surface area contributed by atoms with Crippen LogP contribution in [0.3, 0.4) is 0 Å². The van der Waals surface area contributed by atoms with Gasteiger partial charge in [0.1, 0.15) is 5.78 Å². The molecule has 0 spiro atoms. The van der Waals surface area contributed by atoms with Gasteiger partial charge in [-0.15, -0.1) is 11.8 Å². The normalized spacial score (nSPS) is 24.8. The van der Waals surface area contributed by atoms with Crippen molar-refractivity contribution in [2.45, 2.75) is 38.5 Å². The maximum absolute atomic E-state index is 12.3. The van der Waals surface area contributed by atoms with Crippen LogP contribution in [0.25, 0.3) is 0 Å². The third-order valence-corrected chi connectivity index (χ3v) is 6.90. The molecule has 1 aliphatic heterocycles. The first-order chi connectivity index (χ1) is 12.3. The molecule has 1 amide bonds. The van der Waals surface area contributed by atoms with Crippen LogP contribution >= 0.6 is 39.9 Å². The Morgan fingerprint density at radius 2 is 1.96 bits per heavy atom. The number of hydrogen-bond acceptors (Lipinski definition) is 4. The molecule has 7 heteroatoms. The molecular weight excluding hydrogens is 432 g/mol. The summed E-state index contributed by atoms with van der Waals surface area (Å²) in [6.07, 6.45) is 3.13. The first kappa shape index (κ1) is 19.6. The van der Waals surface area contributed by atoms with E-state index in [0.717, 1.165) is 23.7 Å². The number of benzene rings is 1. The fraction of sp³-hybridized carbons (Fsp3) is 0.421. The molecule has 3 rings (SSSR count). The van der Waals surface area contributed by atoms with Gasteiger partial charge in [-0.25, -0.2) is 0 Å². The lowest BCUT2D eigenvalue weighted by atomic mass is 9.83. The second-order valence-electron chi connectivity index (χ2n) is 6.86. The van der Waals surface area contributed by atoms with Gasteiger partial charge in [0.15, 0.2) is 5.11 Å². The van der Waals surface area contributed by atoms with Crippen molar-refractivity contribution in [3.8, 4) is 0 Å². The number of thioether (sulfide) groups is 1. The van der Waals surface area contributed by atoms with Gasteiger partial charge in [-0.05, 0) is 79.1 Å². The van der Waals surface area contributed by atoms with E-state index in [1.807, 2.05) is 12.1 Å². The first-order valence-electron chi connectivity index (χ1n) is 8.61. The molecule has 0 radical (unpaired) electrons. The number of halogens is 1. The molecular formula is C19H21BrN2O2S2. The summed E-state index contributed by atoms with van der Waals surface area (Å²) >= 11 is 10.4. The van der Waals surface area contributed by atoms with Crippen LogP contribution in [0.2, 0.25) is 0 Å². The van der Waals surface area contributed by atoms with Crippen molar-refractivity contribution in [2.24, 2.45) is 11.8 Å². The quantitative estimate of drug-likeness (QED) is 0.665. The molecule has 4 nitrogen and oxygen atoms in total. The van der Waals surface area contributed by atoms with Gasteiger partial charge in [-0.1, -0.05) is 22.9 Å². The number of hydrogen-bond donors (Lipinski definition) is 2. The molecule has 0 aromatic heterocycles. The van der Waals surface area contributed by atoms with Crippen LogP contribution in [0.4, 0.5) is 0 Å². The molecule has 2 aliphatic rings. The minimum atomic E-state index is -0.260. The molecule has 1 heterocycles. The highest BCUT2D eigenvalue weighted by Crippen LogP contribution is 2.49. The summed E-state index contributed by atoms with van der Waals surface area (Å²) in [4.78, 5) is 25.9. The predicted molar refractivity (Wildman–Crippen MR) is 113 cm³/mol. The molecule has 1 aromatic rings. The minimum Gasteiger partial charge on any atom is -0.349 e. The molecule has 138 valence electrons. The number of thiocarbonyl (C=S) groups is 1. The lowest BCUT2D eigenvalue weighted by Crippen LogP contribution is -2.46. The number of allylic oxidation sites excluding steroid dienone is 1. The smallest absolute Gasteiger partial charge is 0.257 e. The Bertz CT molecular complexity index is 776. The van der Waals surface area contributed by atoms with Gasteiger partial charge in [0.05, 0.1) is 11.3 Å². The molecule has 3 atom stereocenters. The average Bonchev–Trinajstić information content (AvgIpc) is 2.91. The highest BCUT2D eigenvalue weighted by atomic mass is 79.9.